The van der Waals surface area contributed by atoms with Gasteiger partial charge < -0.3 is 30.1 Å². The maximum absolute atomic E-state index is 14.5. The normalized spacial score (nSPS) is 12.5. The number of aromatic hydroxyl groups is 1. The number of alkyl carbamates (subject to hydrolysis) is 1. The quantitative estimate of drug-likeness (QED) is 0.184. The predicted octanol–water partition coefficient (Wildman–Crippen LogP) is 5.27. The molecule has 10 nitrogen and oxygen atoms in total. The van der Waals surface area contributed by atoms with Crippen LogP contribution in [0.3, 0.4) is 0 Å². The van der Waals surface area contributed by atoms with Crippen LogP contribution >= 0.6 is 0 Å². The van der Waals surface area contributed by atoms with E-state index in [0.29, 0.717) is 17.5 Å². The molecular weight excluding hydrogens is 562 g/mol. The average molecular weight is 612 g/mol. The van der Waals surface area contributed by atoms with Gasteiger partial charge in [-0.1, -0.05) is 55.7 Å². The highest BCUT2D eigenvalue weighted by atomic mass is 16.6. The van der Waals surface area contributed by atoms with E-state index < -0.39 is 41.6 Å². The first kappa shape index (κ1) is 36.1. The average Bonchev–Trinajstić information content (AvgIpc) is 2.93. The van der Waals surface area contributed by atoms with Crippen molar-refractivity contribution < 1.29 is 33.8 Å². The van der Waals surface area contributed by atoms with Crippen LogP contribution in [0, 0.1) is 13.8 Å². The standard InChI is InChI=1S/C34H49N3O7/c1-8-10-11-20-37(30(27-17-12-23(3)21-24(27)4)31(40)35-19-18-29(39)43-9-2)32(41)28(36-33(42)44-34(5,6)7)22-25-13-15-26(38)16-14-25/h12-17,21,28,30,38H,8-11,18-20,22H2,1-7H3,(H,35,40)(H,36,42). The largest absolute Gasteiger partial charge is 0.508 e. The second kappa shape index (κ2) is 17.3. The number of rotatable bonds is 15. The number of hydrogen-bond acceptors (Lipinski definition) is 7. The van der Waals surface area contributed by atoms with Gasteiger partial charge in [0.25, 0.3) is 0 Å². The number of carbonyl (C=O) groups is 4. The first-order chi connectivity index (χ1) is 20.7. The van der Waals surface area contributed by atoms with Crippen molar-refractivity contribution in [1.82, 2.24) is 15.5 Å². The van der Waals surface area contributed by atoms with Gasteiger partial charge in [-0.15, -0.1) is 0 Å². The topological polar surface area (TPSA) is 134 Å². The first-order valence-corrected chi connectivity index (χ1v) is 15.3. The van der Waals surface area contributed by atoms with Crippen molar-refractivity contribution in [2.75, 3.05) is 19.7 Å². The van der Waals surface area contributed by atoms with Gasteiger partial charge in [0, 0.05) is 19.5 Å². The molecule has 0 saturated carbocycles. The summed E-state index contributed by atoms with van der Waals surface area (Å²) >= 11 is 0. The summed E-state index contributed by atoms with van der Waals surface area (Å²) in [4.78, 5) is 54.9. The van der Waals surface area contributed by atoms with Crippen LogP contribution < -0.4 is 10.6 Å². The van der Waals surface area contributed by atoms with Crippen LogP contribution in [0.25, 0.3) is 0 Å². The molecule has 0 aromatic heterocycles. The molecule has 2 aromatic rings. The number of esters is 1. The monoisotopic (exact) mass is 611 g/mol. The lowest BCUT2D eigenvalue weighted by Crippen LogP contribution is -2.54. The molecule has 0 spiro atoms. The van der Waals surface area contributed by atoms with Crippen LogP contribution in [0.4, 0.5) is 4.79 Å². The highest BCUT2D eigenvalue weighted by Gasteiger charge is 2.37. The third-order valence-corrected chi connectivity index (χ3v) is 6.86. The maximum atomic E-state index is 14.5. The van der Waals surface area contributed by atoms with Crippen molar-refractivity contribution in [2.24, 2.45) is 0 Å². The minimum Gasteiger partial charge on any atom is -0.508 e. The van der Waals surface area contributed by atoms with E-state index in [1.165, 1.54) is 17.0 Å². The fourth-order valence-electron chi connectivity index (χ4n) is 4.82. The fraction of sp³-hybridized carbons (Fsp3) is 0.529. The van der Waals surface area contributed by atoms with E-state index in [4.69, 9.17) is 9.47 Å². The predicted molar refractivity (Wildman–Crippen MR) is 169 cm³/mol. The van der Waals surface area contributed by atoms with E-state index in [1.54, 1.807) is 39.8 Å². The molecule has 3 amide bonds. The van der Waals surface area contributed by atoms with E-state index in [0.717, 1.165) is 24.0 Å². The first-order valence-electron chi connectivity index (χ1n) is 15.3. The summed E-state index contributed by atoms with van der Waals surface area (Å²) in [5, 5.41) is 15.4. The lowest BCUT2D eigenvalue weighted by molar-refractivity contribution is -0.144. The highest BCUT2D eigenvalue weighted by Crippen LogP contribution is 2.28. The highest BCUT2D eigenvalue weighted by molar-refractivity contribution is 5.92. The van der Waals surface area contributed by atoms with Gasteiger partial charge >= 0.3 is 12.1 Å². The van der Waals surface area contributed by atoms with Gasteiger partial charge in [0.1, 0.15) is 23.4 Å². The van der Waals surface area contributed by atoms with Crippen LogP contribution in [-0.4, -0.2) is 65.2 Å². The number of aryl methyl sites for hydroxylation is 2. The molecule has 44 heavy (non-hydrogen) atoms. The maximum Gasteiger partial charge on any atom is 0.408 e. The van der Waals surface area contributed by atoms with E-state index in [9.17, 15) is 24.3 Å². The SMILES string of the molecule is CCCCCN(C(=O)C(Cc1ccc(O)cc1)NC(=O)OC(C)(C)C)C(C(=O)NCCC(=O)OCC)c1ccc(C)cc1C. The third kappa shape index (κ3) is 11.9. The summed E-state index contributed by atoms with van der Waals surface area (Å²) in [6.45, 7) is 13.4. The van der Waals surface area contributed by atoms with Gasteiger partial charge in [0.05, 0.1) is 13.0 Å². The molecule has 0 aliphatic heterocycles. The second-order valence-corrected chi connectivity index (χ2v) is 11.9. The van der Waals surface area contributed by atoms with Gasteiger partial charge in [-0.05, 0) is 76.8 Å². The Labute approximate surface area is 261 Å². The van der Waals surface area contributed by atoms with Gasteiger partial charge in [0.2, 0.25) is 11.8 Å². The number of ether oxygens (including phenoxy) is 2. The summed E-state index contributed by atoms with van der Waals surface area (Å²) in [5.74, 6) is -1.24. The van der Waals surface area contributed by atoms with Crippen LogP contribution in [-0.2, 0) is 30.3 Å². The van der Waals surface area contributed by atoms with E-state index in [1.807, 2.05) is 39.0 Å². The molecule has 0 fully saturated rings. The Balaban J connectivity index is 2.56. The molecule has 0 aliphatic rings. The molecule has 3 N–H and O–H groups in total. The number of phenols is 1. The molecule has 10 heteroatoms. The van der Waals surface area contributed by atoms with Gasteiger partial charge in [0.15, 0.2) is 0 Å². The summed E-state index contributed by atoms with van der Waals surface area (Å²) < 4.78 is 10.5. The van der Waals surface area contributed by atoms with Gasteiger partial charge in [-0.2, -0.15) is 0 Å². The smallest absolute Gasteiger partial charge is 0.408 e. The number of nitrogens with zero attached hydrogens (tertiary/aromatic N) is 1. The minimum absolute atomic E-state index is 0.00730. The zero-order chi connectivity index (χ0) is 32.9. The number of carbonyl (C=O) groups excluding carboxylic acids is 4. The zero-order valence-electron chi connectivity index (χ0n) is 27.2. The van der Waals surface area contributed by atoms with E-state index >= 15 is 0 Å². The Hall–Kier alpha value is -4.08. The Morgan fingerprint density at radius 1 is 0.977 bits per heavy atom. The number of unbranched alkanes of at least 4 members (excludes halogenated alkanes) is 2. The zero-order valence-corrected chi connectivity index (χ0v) is 27.2. The Morgan fingerprint density at radius 2 is 1.66 bits per heavy atom. The van der Waals surface area contributed by atoms with Crippen LogP contribution in [0.2, 0.25) is 0 Å². The Kier molecular flexibility index (Phi) is 14.2. The second-order valence-electron chi connectivity index (χ2n) is 11.9. The molecule has 242 valence electrons. The number of nitrogens with one attached hydrogen (secondary N) is 2. The molecule has 0 aliphatic carbocycles. The number of amides is 3. The Morgan fingerprint density at radius 3 is 2.25 bits per heavy atom. The lowest BCUT2D eigenvalue weighted by atomic mass is 9.95. The number of hydrogen-bond donors (Lipinski definition) is 3. The summed E-state index contributed by atoms with van der Waals surface area (Å²) in [6, 6.07) is 9.98. The molecule has 2 unspecified atom stereocenters. The molecule has 0 heterocycles. The molecular formula is C34H49N3O7. The molecule has 2 rings (SSSR count). The summed E-state index contributed by atoms with van der Waals surface area (Å²) in [5.41, 5.74) is 2.40. The summed E-state index contributed by atoms with van der Waals surface area (Å²) in [7, 11) is 0. The molecule has 2 aromatic carbocycles. The fourth-order valence-corrected chi connectivity index (χ4v) is 4.82. The van der Waals surface area contributed by atoms with Crippen LogP contribution in [0.1, 0.15) is 88.6 Å². The van der Waals surface area contributed by atoms with E-state index in [-0.39, 0.29) is 38.3 Å². The van der Waals surface area contributed by atoms with Gasteiger partial charge in [-0.25, -0.2) is 4.79 Å². The minimum atomic E-state index is -1.07. The van der Waals surface area contributed by atoms with Crippen molar-refractivity contribution in [3.8, 4) is 5.75 Å². The van der Waals surface area contributed by atoms with Crippen LogP contribution in [0.5, 0.6) is 5.75 Å². The third-order valence-electron chi connectivity index (χ3n) is 6.86. The molecule has 0 radical (unpaired) electrons. The summed E-state index contributed by atoms with van der Waals surface area (Å²) in [6.07, 6.45) is 1.70. The Bertz CT molecular complexity index is 1250. The van der Waals surface area contributed by atoms with Crippen molar-refractivity contribution >= 4 is 23.9 Å². The molecule has 0 bridgehead atoms. The van der Waals surface area contributed by atoms with Crippen molar-refractivity contribution in [3.05, 3.63) is 64.7 Å². The van der Waals surface area contributed by atoms with Crippen molar-refractivity contribution in [3.63, 3.8) is 0 Å². The number of benzene rings is 2. The van der Waals surface area contributed by atoms with Crippen LogP contribution in [0.15, 0.2) is 42.5 Å². The van der Waals surface area contributed by atoms with E-state index in [2.05, 4.69) is 10.6 Å². The van der Waals surface area contributed by atoms with Crippen molar-refractivity contribution in [2.45, 2.75) is 98.3 Å². The lowest BCUT2D eigenvalue weighted by Gasteiger charge is -2.35. The number of phenolic OH excluding ortho intramolecular Hbond substituents is 1. The molecule has 2 atom stereocenters. The van der Waals surface area contributed by atoms with Crippen molar-refractivity contribution in [1.29, 1.82) is 0 Å². The van der Waals surface area contributed by atoms with Gasteiger partial charge in [-0.3, -0.25) is 14.4 Å². The molecule has 0 saturated heterocycles.